The SMILES string of the molecule is CN(CN1CCCCC1)N1CCS(=O)(=O)CC1. The fourth-order valence-corrected chi connectivity index (χ4v) is 3.71. The molecule has 0 amide bonds. The Hall–Kier alpha value is -0.170. The van der Waals surface area contributed by atoms with Gasteiger partial charge in [-0.2, -0.15) is 0 Å². The van der Waals surface area contributed by atoms with E-state index in [0.717, 1.165) is 6.67 Å². The van der Waals surface area contributed by atoms with Gasteiger partial charge in [0.05, 0.1) is 18.2 Å². The summed E-state index contributed by atoms with van der Waals surface area (Å²) in [5, 5.41) is 4.34. The molecule has 0 aliphatic carbocycles. The van der Waals surface area contributed by atoms with Gasteiger partial charge in [-0.05, 0) is 25.9 Å². The van der Waals surface area contributed by atoms with Gasteiger partial charge in [0.1, 0.15) is 0 Å². The molecule has 0 spiro atoms. The molecule has 2 saturated heterocycles. The van der Waals surface area contributed by atoms with Gasteiger partial charge in [-0.25, -0.2) is 18.4 Å². The van der Waals surface area contributed by atoms with E-state index in [1.807, 2.05) is 0 Å². The van der Waals surface area contributed by atoms with Crippen molar-refractivity contribution in [2.24, 2.45) is 0 Å². The number of hydrazine groups is 1. The third-order valence-corrected chi connectivity index (χ3v) is 5.27. The van der Waals surface area contributed by atoms with Crippen LogP contribution in [0.1, 0.15) is 19.3 Å². The first-order valence-electron chi connectivity index (χ1n) is 6.46. The second kappa shape index (κ2) is 5.65. The summed E-state index contributed by atoms with van der Waals surface area (Å²) >= 11 is 0. The number of likely N-dealkylation sites (tertiary alicyclic amines) is 1. The maximum Gasteiger partial charge on any atom is 0.152 e. The van der Waals surface area contributed by atoms with Gasteiger partial charge in [-0.1, -0.05) is 6.42 Å². The summed E-state index contributed by atoms with van der Waals surface area (Å²) in [6.07, 6.45) is 3.94. The highest BCUT2D eigenvalue weighted by molar-refractivity contribution is 7.91. The predicted octanol–water partition coefficient (Wildman–Crippen LogP) is 0.00700. The molecule has 0 bridgehead atoms. The van der Waals surface area contributed by atoms with Gasteiger partial charge in [-0.15, -0.1) is 0 Å². The minimum atomic E-state index is -2.76. The molecule has 0 aromatic carbocycles. The molecule has 0 aromatic heterocycles. The Kier molecular flexibility index (Phi) is 4.41. The molecule has 2 heterocycles. The highest BCUT2D eigenvalue weighted by Gasteiger charge is 2.25. The lowest BCUT2D eigenvalue weighted by Crippen LogP contribution is -2.52. The molecule has 2 rings (SSSR count). The molecule has 6 heteroatoms. The molecule has 100 valence electrons. The first kappa shape index (κ1) is 13.3. The van der Waals surface area contributed by atoms with E-state index in [0.29, 0.717) is 24.6 Å². The van der Waals surface area contributed by atoms with Gasteiger partial charge >= 0.3 is 0 Å². The zero-order chi connectivity index (χ0) is 12.3. The lowest BCUT2D eigenvalue weighted by Gasteiger charge is -2.38. The normalized spacial score (nSPS) is 27.4. The molecule has 0 saturated carbocycles. The molecule has 2 fully saturated rings. The molecule has 2 aliphatic rings. The number of sulfone groups is 1. The van der Waals surface area contributed by atoms with E-state index in [-0.39, 0.29) is 0 Å². The molecule has 0 unspecified atom stereocenters. The standard InChI is InChI=1S/C11H23N3O2S/c1-12(11-13-5-3-2-4-6-13)14-7-9-17(15,16)10-8-14/h2-11H2,1H3. The van der Waals surface area contributed by atoms with Gasteiger partial charge in [-0.3, -0.25) is 4.90 Å². The minimum absolute atomic E-state index is 0.303. The Morgan fingerprint density at radius 3 is 2.18 bits per heavy atom. The Balaban J connectivity index is 1.78. The van der Waals surface area contributed by atoms with Crippen LogP contribution in [0.3, 0.4) is 0 Å². The van der Waals surface area contributed by atoms with Crippen LogP contribution in [0.4, 0.5) is 0 Å². The van der Waals surface area contributed by atoms with Gasteiger partial charge in [0, 0.05) is 20.1 Å². The summed E-state index contributed by atoms with van der Waals surface area (Å²) in [6, 6.07) is 0. The van der Waals surface area contributed by atoms with Crippen molar-refractivity contribution in [3.05, 3.63) is 0 Å². The van der Waals surface area contributed by atoms with Crippen molar-refractivity contribution in [3.63, 3.8) is 0 Å². The van der Waals surface area contributed by atoms with Crippen LogP contribution in [0.2, 0.25) is 0 Å². The number of hydrogen-bond donors (Lipinski definition) is 0. The lowest BCUT2D eigenvalue weighted by molar-refractivity contribution is -0.0399. The summed E-state index contributed by atoms with van der Waals surface area (Å²) in [5.74, 6) is 0.606. The molecule has 0 atom stereocenters. The zero-order valence-electron chi connectivity index (χ0n) is 10.6. The highest BCUT2D eigenvalue weighted by atomic mass is 32.2. The second-order valence-electron chi connectivity index (χ2n) is 5.08. The molecule has 2 aliphatic heterocycles. The molecule has 5 nitrogen and oxygen atoms in total. The smallest absolute Gasteiger partial charge is 0.152 e. The minimum Gasteiger partial charge on any atom is -0.289 e. The van der Waals surface area contributed by atoms with E-state index >= 15 is 0 Å². The van der Waals surface area contributed by atoms with Crippen LogP contribution in [-0.2, 0) is 9.84 Å². The molecule has 17 heavy (non-hydrogen) atoms. The zero-order valence-corrected chi connectivity index (χ0v) is 11.5. The highest BCUT2D eigenvalue weighted by Crippen LogP contribution is 2.11. The van der Waals surface area contributed by atoms with Crippen LogP contribution in [-0.4, -0.2) is 74.7 Å². The maximum absolute atomic E-state index is 11.4. The van der Waals surface area contributed by atoms with Crippen LogP contribution in [0.25, 0.3) is 0 Å². The van der Waals surface area contributed by atoms with Gasteiger partial charge < -0.3 is 0 Å². The van der Waals surface area contributed by atoms with Crippen molar-refractivity contribution in [1.29, 1.82) is 0 Å². The summed E-state index contributed by atoms with van der Waals surface area (Å²) in [5.41, 5.74) is 0. The predicted molar refractivity (Wildman–Crippen MR) is 68.3 cm³/mol. The number of hydrogen-bond acceptors (Lipinski definition) is 5. The number of nitrogens with zero attached hydrogens (tertiary/aromatic N) is 3. The Labute approximate surface area is 104 Å². The van der Waals surface area contributed by atoms with Crippen molar-refractivity contribution in [1.82, 2.24) is 14.9 Å². The molecule has 0 N–H and O–H groups in total. The summed E-state index contributed by atoms with van der Waals surface area (Å²) < 4.78 is 22.7. The first-order chi connectivity index (χ1) is 8.07. The van der Waals surface area contributed by atoms with Crippen LogP contribution >= 0.6 is 0 Å². The van der Waals surface area contributed by atoms with Crippen molar-refractivity contribution in [2.75, 3.05) is 51.4 Å². The van der Waals surface area contributed by atoms with Crippen molar-refractivity contribution >= 4 is 9.84 Å². The van der Waals surface area contributed by atoms with Crippen molar-refractivity contribution in [3.8, 4) is 0 Å². The number of piperidine rings is 1. The average molecular weight is 261 g/mol. The van der Waals surface area contributed by atoms with E-state index < -0.39 is 9.84 Å². The Bertz CT molecular complexity index is 325. The van der Waals surface area contributed by atoms with Crippen molar-refractivity contribution in [2.45, 2.75) is 19.3 Å². The largest absolute Gasteiger partial charge is 0.289 e. The molecular formula is C11H23N3O2S. The second-order valence-corrected chi connectivity index (χ2v) is 7.39. The average Bonchev–Trinajstić information content (AvgIpc) is 2.30. The molecule has 0 radical (unpaired) electrons. The van der Waals surface area contributed by atoms with E-state index in [4.69, 9.17) is 0 Å². The first-order valence-corrected chi connectivity index (χ1v) is 8.28. The van der Waals surface area contributed by atoms with Crippen LogP contribution in [0.15, 0.2) is 0 Å². The summed E-state index contributed by atoms with van der Waals surface area (Å²) in [7, 11) is -0.702. The lowest BCUT2D eigenvalue weighted by atomic mass is 10.1. The van der Waals surface area contributed by atoms with Crippen molar-refractivity contribution < 1.29 is 8.42 Å². The topological polar surface area (TPSA) is 43.9 Å². The third kappa shape index (κ3) is 3.91. The van der Waals surface area contributed by atoms with E-state index in [1.54, 1.807) is 0 Å². The molecular weight excluding hydrogens is 238 g/mol. The monoisotopic (exact) mass is 261 g/mol. The maximum atomic E-state index is 11.4. The quantitative estimate of drug-likeness (QED) is 0.716. The Morgan fingerprint density at radius 2 is 1.59 bits per heavy atom. The van der Waals surface area contributed by atoms with Crippen LogP contribution < -0.4 is 0 Å². The number of rotatable bonds is 3. The summed E-state index contributed by atoms with van der Waals surface area (Å²) in [4.78, 5) is 2.45. The van der Waals surface area contributed by atoms with Gasteiger partial charge in [0.15, 0.2) is 9.84 Å². The fraction of sp³-hybridized carbons (Fsp3) is 1.00. The molecule has 0 aromatic rings. The van der Waals surface area contributed by atoms with E-state index in [9.17, 15) is 8.42 Å². The Morgan fingerprint density at radius 1 is 1.00 bits per heavy atom. The van der Waals surface area contributed by atoms with Gasteiger partial charge in [0.25, 0.3) is 0 Å². The van der Waals surface area contributed by atoms with E-state index in [1.165, 1.54) is 32.4 Å². The third-order valence-electron chi connectivity index (χ3n) is 3.66. The van der Waals surface area contributed by atoms with Gasteiger partial charge in [0.2, 0.25) is 0 Å². The fourth-order valence-electron chi connectivity index (χ4n) is 2.52. The van der Waals surface area contributed by atoms with E-state index in [2.05, 4.69) is 22.0 Å². The summed E-state index contributed by atoms with van der Waals surface area (Å²) in [6.45, 7) is 4.58. The van der Waals surface area contributed by atoms with Crippen LogP contribution in [0.5, 0.6) is 0 Å². The van der Waals surface area contributed by atoms with Crippen LogP contribution in [0, 0.1) is 0 Å².